The van der Waals surface area contributed by atoms with Crippen molar-refractivity contribution in [2.24, 2.45) is 17.8 Å². The summed E-state index contributed by atoms with van der Waals surface area (Å²) in [7, 11) is 4.25. The Kier molecular flexibility index (Phi) is 8.03. The van der Waals surface area contributed by atoms with Gasteiger partial charge in [-0.1, -0.05) is 0 Å². The summed E-state index contributed by atoms with van der Waals surface area (Å²) in [6, 6.07) is 1.55. The normalized spacial score (nSPS) is 43.4. The van der Waals surface area contributed by atoms with Crippen molar-refractivity contribution < 1.29 is 9.53 Å². The molecule has 194 valence electrons. The number of nitrogens with one attached hydrogen (secondary N) is 7. The molecule has 11 nitrogen and oxygen atoms in total. The standard InChI is InChI=1S/C23H45N9O2/c1-4-34-21-8-18-14(13-31(2)29-18)7-16(21)22(33)28-15-9-25-23(26-10-15)27-12-19-17-11-24-6-5-20(17)32(3)30-19/h14-21,23-27,29-30H,4-13H2,1-3H3,(H,28,33). The van der Waals surface area contributed by atoms with E-state index in [1.165, 1.54) is 6.42 Å². The van der Waals surface area contributed by atoms with Gasteiger partial charge in [0.1, 0.15) is 6.29 Å². The lowest BCUT2D eigenvalue weighted by molar-refractivity contribution is -0.134. The molecule has 0 aromatic rings. The molecule has 0 aromatic carbocycles. The van der Waals surface area contributed by atoms with Crippen LogP contribution in [0.3, 0.4) is 0 Å². The lowest BCUT2D eigenvalue weighted by atomic mass is 9.76. The predicted octanol–water partition coefficient (Wildman–Crippen LogP) is -2.42. The molecule has 0 spiro atoms. The van der Waals surface area contributed by atoms with Crippen LogP contribution < -0.4 is 37.4 Å². The van der Waals surface area contributed by atoms with Crippen LogP contribution in [0.4, 0.5) is 0 Å². The Morgan fingerprint density at radius 1 is 1.12 bits per heavy atom. The maximum Gasteiger partial charge on any atom is 0.226 e. The quantitative estimate of drug-likeness (QED) is 0.213. The van der Waals surface area contributed by atoms with Gasteiger partial charge in [0.15, 0.2) is 0 Å². The molecule has 0 radical (unpaired) electrons. The SMILES string of the molecule is CCOC1CC2NN(C)CC2CC1C(=O)NC1CNC(NCC2NN(C)C3CCNCC23)NC1. The monoisotopic (exact) mass is 479 g/mol. The van der Waals surface area contributed by atoms with Crippen LogP contribution in [0, 0.1) is 17.8 Å². The van der Waals surface area contributed by atoms with Crippen molar-refractivity contribution in [3.8, 4) is 0 Å². The predicted molar refractivity (Wildman–Crippen MR) is 130 cm³/mol. The van der Waals surface area contributed by atoms with E-state index in [1.54, 1.807) is 0 Å². The maximum atomic E-state index is 13.3. The summed E-state index contributed by atoms with van der Waals surface area (Å²) < 4.78 is 6.02. The minimum absolute atomic E-state index is 0.0145. The molecule has 7 unspecified atom stereocenters. The Labute approximate surface area is 203 Å². The molecule has 5 aliphatic rings. The van der Waals surface area contributed by atoms with E-state index in [4.69, 9.17) is 4.74 Å². The highest BCUT2D eigenvalue weighted by atomic mass is 16.5. The van der Waals surface area contributed by atoms with Crippen molar-refractivity contribution in [1.82, 2.24) is 47.5 Å². The number of amides is 1. The van der Waals surface area contributed by atoms with E-state index in [9.17, 15) is 4.79 Å². The van der Waals surface area contributed by atoms with Gasteiger partial charge in [-0.15, -0.1) is 0 Å². The smallest absolute Gasteiger partial charge is 0.226 e. The highest BCUT2D eigenvalue weighted by molar-refractivity contribution is 5.80. The molecular formula is C23H45N9O2. The lowest BCUT2D eigenvalue weighted by Crippen LogP contribution is -2.66. The molecule has 5 rings (SSSR count). The third-order valence-electron chi connectivity index (χ3n) is 8.57. The summed E-state index contributed by atoms with van der Waals surface area (Å²) in [5.41, 5.74) is 7.16. The first kappa shape index (κ1) is 24.8. The number of hydrazine groups is 2. The number of ether oxygens (including phenoxy) is 1. The molecule has 7 N–H and O–H groups in total. The first-order valence-electron chi connectivity index (χ1n) is 13.3. The fourth-order valence-electron chi connectivity index (χ4n) is 6.84. The van der Waals surface area contributed by atoms with Crippen molar-refractivity contribution in [2.75, 3.05) is 60.0 Å². The van der Waals surface area contributed by atoms with Gasteiger partial charge in [0, 0.05) is 77.5 Å². The average Bonchev–Trinajstić information content (AvgIpc) is 3.36. The van der Waals surface area contributed by atoms with Crippen molar-refractivity contribution in [2.45, 2.75) is 62.7 Å². The lowest BCUT2D eigenvalue weighted by Gasteiger charge is -2.38. The molecule has 4 heterocycles. The molecule has 11 heteroatoms. The summed E-state index contributed by atoms with van der Waals surface area (Å²) in [6.07, 6.45) is 3.03. The minimum atomic E-state index is -0.0761. The third kappa shape index (κ3) is 5.42. The molecule has 4 aliphatic heterocycles. The fraction of sp³-hybridized carbons (Fsp3) is 0.957. The van der Waals surface area contributed by atoms with Gasteiger partial charge in [-0.3, -0.25) is 31.6 Å². The second-order valence-corrected chi connectivity index (χ2v) is 10.9. The summed E-state index contributed by atoms with van der Waals surface area (Å²) in [5, 5.41) is 22.0. The molecule has 7 atom stereocenters. The summed E-state index contributed by atoms with van der Waals surface area (Å²) in [5.74, 6) is 1.20. The van der Waals surface area contributed by atoms with Crippen LogP contribution in [0.5, 0.6) is 0 Å². The van der Waals surface area contributed by atoms with E-state index in [0.29, 0.717) is 36.6 Å². The minimum Gasteiger partial charge on any atom is -0.378 e. The largest absolute Gasteiger partial charge is 0.378 e. The number of piperidine rings is 1. The summed E-state index contributed by atoms with van der Waals surface area (Å²) in [4.78, 5) is 13.3. The molecule has 4 saturated heterocycles. The Bertz CT molecular complexity index is 691. The van der Waals surface area contributed by atoms with Crippen molar-refractivity contribution in [3.63, 3.8) is 0 Å². The number of fused-ring (bicyclic) bond motifs is 2. The fourth-order valence-corrected chi connectivity index (χ4v) is 6.84. The number of rotatable bonds is 7. The van der Waals surface area contributed by atoms with Crippen molar-refractivity contribution >= 4 is 5.91 Å². The van der Waals surface area contributed by atoms with E-state index in [0.717, 1.165) is 52.1 Å². The van der Waals surface area contributed by atoms with Gasteiger partial charge in [-0.2, -0.15) is 0 Å². The first-order valence-corrected chi connectivity index (χ1v) is 13.3. The Morgan fingerprint density at radius 2 is 1.94 bits per heavy atom. The maximum absolute atomic E-state index is 13.3. The van der Waals surface area contributed by atoms with E-state index in [-0.39, 0.29) is 30.3 Å². The van der Waals surface area contributed by atoms with E-state index >= 15 is 0 Å². The Morgan fingerprint density at radius 3 is 2.74 bits per heavy atom. The second kappa shape index (κ2) is 11.0. The van der Waals surface area contributed by atoms with Crippen molar-refractivity contribution in [1.29, 1.82) is 0 Å². The van der Waals surface area contributed by atoms with Gasteiger partial charge < -0.3 is 15.4 Å². The topological polar surface area (TPSA) is 117 Å². The molecule has 34 heavy (non-hydrogen) atoms. The van der Waals surface area contributed by atoms with E-state index in [1.807, 2.05) is 6.92 Å². The molecule has 1 aliphatic carbocycles. The Balaban J connectivity index is 1.06. The molecule has 1 saturated carbocycles. The number of carbonyl (C=O) groups is 1. The molecule has 0 bridgehead atoms. The van der Waals surface area contributed by atoms with E-state index < -0.39 is 0 Å². The molecule has 5 fully saturated rings. The molecular weight excluding hydrogens is 434 g/mol. The van der Waals surface area contributed by atoms with Gasteiger partial charge in [0.05, 0.1) is 18.1 Å². The highest BCUT2D eigenvalue weighted by Gasteiger charge is 2.45. The van der Waals surface area contributed by atoms with Gasteiger partial charge in [-0.25, -0.2) is 10.0 Å². The van der Waals surface area contributed by atoms with Crippen LogP contribution in [0.15, 0.2) is 0 Å². The van der Waals surface area contributed by atoms with Crippen LogP contribution in [0.25, 0.3) is 0 Å². The van der Waals surface area contributed by atoms with Crippen LogP contribution in [-0.2, 0) is 9.53 Å². The second-order valence-electron chi connectivity index (χ2n) is 10.9. The zero-order valence-electron chi connectivity index (χ0n) is 21.0. The molecule has 1 amide bonds. The first-order chi connectivity index (χ1) is 16.5. The van der Waals surface area contributed by atoms with Crippen LogP contribution in [0.2, 0.25) is 0 Å². The van der Waals surface area contributed by atoms with Crippen LogP contribution in [-0.4, -0.2) is 112 Å². The highest BCUT2D eigenvalue weighted by Crippen LogP contribution is 2.35. The summed E-state index contributed by atoms with van der Waals surface area (Å²) in [6.45, 7) is 8.24. The number of hydrogen-bond donors (Lipinski definition) is 7. The van der Waals surface area contributed by atoms with E-state index in [2.05, 4.69) is 61.5 Å². The van der Waals surface area contributed by atoms with Crippen LogP contribution in [0.1, 0.15) is 26.2 Å². The number of carbonyl (C=O) groups excluding carboxylic acids is 1. The third-order valence-corrected chi connectivity index (χ3v) is 8.57. The van der Waals surface area contributed by atoms with Gasteiger partial charge in [0.25, 0.3) is 0 Å². The van der Waals surface area contributed by atoms with Gasteiger partial charge in [0.2, 0.25) is 5.91 Å². The number of hydrogen-bond acceptors (Lipinski definition) is 10. The van der Waals surface area contributed by atoms with Crippen molar-refractivity contribution in [3.05, 3.63) is 0 Å². The van der Waals surface area contributed by atoms with Gasteiger partial charge in [-0.05, 0) is 38.6 Å². The number of nitrogens with zero attached hydrogens (tertiary/aromatic N) is 2. The molecule has 0 aromatic heterocycles. The Hall–Kier alpha value is -0.890. The zero-order valence-corrected chi connectivity index (χ0v) is 21.0. The average molecular weight is 480 g/mol. The van der Waals surface area contributed by atoms with Crippen LogP contribution >= 0.6 is 0 Å². The zero-order chi connectivity index (χ0) is 23.7. The summed E-state index contributed by atoms with van der Waals surface area (Å²) >= 11 is 0. The van der Waals surface area contributed by atoms with Gasteiger partial charge >= 0.3 is 0 Å².